The van der Waals surface area contributed by atoms with Gasteiger partial charge in [0, 0.05) is 45.6 Å². The number of hydrogen-bond donors (Lipinski definition) is 0. The van der Waals surface area contributed by atoms with Crippen molar-refractivity contribution in [1.29, 1.82) is 0 Å². The number of hydrogen-bond acceptors (Lipinski definition) is 6. The summed E-state index contributed by atoms with van der Waals surface area (Å²) in [6, 6.07) is 13.7. The van der Waals surface area contributed by atoms with Crippen LogP contribution in [0.4, 0.5) is 4.79 Å². The fraction of sp³-hybridized carbons (Fsp3) is 0.385. The lowest BCUT2D eigenvalue weighted by Gasteiger charge is -2.42. The number of likely N-dealkylation sites (tertiary alicyclic amines) is 1. The Kier molecular flexibility index (Phi) is 5.91. The lowest BCUT2D eigenvalue weighted by atomic mass is 9.85. The third kappa shape index (κ3) is 3.88. The van der Waals surface area contributed by atoms with Crippen molar-refractivity contribution in [3.63, 3.8) is 0 Å². The van der Waals surface area contributed by atoms with Crippen LogP contribution < -0.4 is 4.74 Å². The summed E-state index contributed by atoms with van der Waals surface area (Å²) < 4.78 is 5.23. The highest BCUT2D eigenvalue weighted by Crippen LogP contribution is 2.37. The van der Waals surface area contributed by atoms with E-state index in [1.165, 1.54) is 4.90 Å². The van der Waals surface area contributed by atoms with E-state index in [0.717, 1.165) is 47.5 Å². The number of amides is 3. The number of urea groups is 1. The Morgan fingerprint density at radius 2 is 1.74 bits per heavy atom. The van der Waals surface area contributed by atoms with E-state index in [4.69, 9.17) is 4.74 Å². The molecular formula is C26H29N5O3. The van der Waals surface area contributed by atoms with Crippen LogP contribution in [-0.2, 0) is 17.8 Å². The quantitative estimate of drug-likeness (QED) is 0.527. The van der Waals surface area contributed by atoms with Gasteiger partial charge in [-0.25, -0.2) is 4.79 Å². The molecular weight excluding hydrogens is 430 g/mol. The molecule has 0 aliphatic carbocycles. The maximum atomic E-state index is 13.2. The molecule has 2 aromatic carbocycles. The first kappa shape index (κ1) is 22.3. The fourth-order valence-corrected chi connectivity index (χ4v) is 5.21. The van der Waals surface area contributed by atoms with Gasteiger partial charge in [0.2, 0.25) is 0 Å². The van der Waals surface area contributed by atoms with Crippen molar-refractivity contribution >= 4 is 23.0 Å². The van der Waals surface area contributed by atoms with E-state index in [0.29, 0.717) is 25.8 Å². The minimum Gasteiger partial charge on any atom is -0.497 e. The lowest BCUT2D eigenvalue weighted by molar-refractivity contribution is -0.134. The van der Waals surface area contributed by atoms with Crippen molar-refractivity contribution in [2.45, 2.75) is 31.3 Å². The van der Waals surface area contributed by atoms with Crippen LogP contribution in [0.3, 0.4) is 0 Å². The summed E-state index contributed by atoms with van der Waals surface area (Å²) in [6.45, 7) is 2.74. The molecule has 1 spiro atoms. The highest BCUT2D eigenvalue weighted by Gasteiger charge is 2.56. The average Bonchev–Trinajstić information content (AvgIpc) is 3.05. The number of methoxy groups -OCH3 is 1. The smallest absolute Gasteiger partial charge is 0.327 e. The summed E-state index contributed by atoms with van der Waals surface area (Å²) in [7, 11) is 3.24. The standard InChI is InChI=1S/C26H29N5O3/c1-29-24(32)26(31(25(29)33)15-10-19-6-8-21(34-2)9-7-19)11-16-30(17-12-26)18-20-4-3-5-22-23(20)28-14-13-27-22/h3-9,13-14H,10-12,15-18H2,1-2H3. The van der Waals surface area contributed by atoms with Crippen molar-refractivity contribution < 1.29 is 14.3 Å². The summed E-state index contributed by atoms with van der Waals surface area (Å²) >= 11 is 0. The van der Waals surface area contributed by atoms with Gasteiger partial charge in [0.05, 0.1) is 18.1 Å². The summed E-state index contributed by atoms with van der Waals surface area (Å²) in [5.41, 5.74) is 3.28. The van der Waals surface area contributed by atoms with E-state index in [-0.39, 0.29) is 11.9 Å². The van der Waals surface area contributed by atoms with Gasteiger partial charge in [0.15, 0.2) is 0 Å². The summed E-state index contributed by atoms with van der Waals surface area (Å²) in [6.07, 6.45) is 5.37. The fourth-order valence-electron chi connectivity index (χ4n) is 5.21. The first-order valence-electron chi connectivity index (χ1n) is 11.7. The molecule has 2 saturated heterocycles. The zero-order valence-electron chi connectivity index (χ0n) is 19.6. The molecule has 5 rings (SSSR count). The summed E-state index contributed by atoms with van der Waals surface area (Å²) in [5.74, 6) is 0.722. The second kappa shape index (κ2) is 9.02. The Bertz CT molecular complexity index is 1200. The van der Waals surface area contributed by atoms with Gasteiger partial charge in [-0.2, -0.15) is 0 Å². The molecule has 3 amide bonds. The molecule has 0 unspecified atom stereocenters. The van der Waals surface area contributed by atoms with Gasteiger partial charge in [-0.1, -0.05) is 24.3 Å². The first-order valence-corrected chi connectivity index (χ1v) is 11.7. The molecule has 8 nitrogen and oxygen atoms in total. The SMILES string of the molecule is COc1ccc(CCN2C(=O)N(C)C(=O)C23CCN(Cc2cccc4nccnc24)CC3)cc1. The molecule has 3 aromatic rings. The zero-order chi connectivity index (χ0) is 23.7. The average molecular weight is 460 g/mol. The molecule has 34 heavy (non-hydrogen) atoms. The van der Waals surface area contributed by atoms with Crippen molar-refractivity contribution in [3.05, 3.63) is 66.0 Å². The second-order valence-electron chi connectivity index (χ2n) is 9.05. The number of imide groups is 1. The van der Waals surface area contributed by atoms with Gasteiger partial charge in [0.1, 0.15) is 11.3 Å². The van der Waals surface area contributed by atoms with Crippen molar-refractivity contribution in [2.75, 3.05) is 33.8 Å². The van der Waals surface area contributed by atoms with Gasteiger partial charge in [-0.15, -0.1) is 0 Å². The van der Waals surface area contributed by atoms with Gasteiger partial charge >= 0.3 is 6.03 Å². The molecule has 0 bridgehead atoms. The molecule has 8 heteroatoms. The Morgan fingerprint density at radius 3 is 2.47 bits per heavy atom. The second-order valence-corrected chi connectivity index (χ2v) is 9.05. The molecule has 0 atom stereocenters. The topological polar surface area (TPSA) is 78.9 Å². The molecule has 2 aliphatic heterocycles. The van der Waals surface area contributed by atoms with E-state index in [2.05, 4.69) is 20.9 Å². The summed E-state index contributed by atoms with van der Waals surface area (Å²) in [4.78, 5) is 40.6. The number of carbonyl (C=O) groups is 2. The number of fused-ring (bicyclic) bond motifs is 1. The third-order valence-corrected chi connectivity index (χ3v) is 7.18. The van der Waals surface area contributed by atoms with Gasteiger partial charge in [0.25, 0.3) is 5.91 Å². The number of aromatic nitrogens is 2. The van der Waals surface area contributed by atoms with E-state index < -0.39 is 5.54 Å². The van der Waals surface area contributed by atoms with Crippen molar-refractivity contribution in [3.8, 4) is 5.75 Å². The Labute approximate surface area is 199 Å². The van der Waals surface area contributed by atoms with Crippen molar-refractivity contribution in [1.82, 2.24) is 24.7 Å². The zero-order valence-corrected chi connectivity index (χ0v) is 19.6. The predicted octanol–water partition coefficient (Wildman–Crippen LogP) is 3.11. The number of rotatable bonds is 6. The number of nitrogens with zero attached hydrogens (tertiary/aromatic N) is 5. The van der Waals surface area contributed by atoms with Crippen LogP contribution in [0.5, 0.6) is 5.75 Å². The monoisotopic (exact) mass is 459 g/mol. The minimum atomic E-state index is -0.757. The molecule has 1 aromatic heterocycles. The molecule has 0 saturated carbocycles. The highest BCUT2D eigenvalue weighted by molar-refractivity contribution is 6.06. The Balaban J connectivity index is 1.29. The number of piperidine rings is 1. The third-order valence-electron chi connectivity index (χ3n) is 7.18. The van der Waals surface area contributed by atoms with E-state index in [1.54, 1.807) is 31.5 Å². The van der Waals surface area contributed by atoms with Gasteiger partial charge in [-0.05, 0) is 48.6 Å². The van der Waals surface area contributed by atoms with Crippen LogP contribution in [0.25, 0.3) is 11.0 Å². The van der Waals surface area contributed by atoms with E-state index in [1.807, 2.05) is 36.4 Å². The number of carbonyl (C=O) groups excluding carboxylic acids is 2. The highest BCUT2D eigenvalue weighted by atomic mass is 16.5. The predicted molar refractivity (Wildman–Crippen MR) is 128 cm³/mol. The molecule has 0 N–H and O–H groups in total. The number of ether oxygens (including phenoxy) is 1. The normalized spacial score (nSPS) is 18.3. The molecule has 2 fully saturated rings. The number of para-hydroxylation sites is 1. The molecule has 2 aliphatic rings. The van der Waals surface area contributed by atoms with Crippen LogP contribution in [-0.4, -0.2) is 75.9 Å². The van der Waals surface area contributed by atoms with Crippen LogP contribution in [0.2, 0.25) is 0 Å². The lowest BCUT2D eigenvalue weighted by Crippen LogP contribution is -2.56. The Morgan fingerprint density at radius 1 is 1.00 bits per heavy atom. The number of benzene rings is 2. The maximum absolute atomic E-state index is 13.2. The van der Waals surface area contributed by atoms with Gasteiger partial charge in [-0.3, -0.25) is 24.6 Å². The largest absolute Gasteiger partial charge is 0.497 e. The maximum Gasteiger partial charge on any atom is 0.327 e. The van der Waals surface area contributed by atoms with Crippen LogP contribution in [0.1, 0.15) is 24.0 Å². The van der Waals surface area contributed by atoms with E-state index in [9.17, 15) is 9.59 Å². The molecule has 3 heterocycles. The van der Waals surface area contributed by atoms with Crippen LogP contribution >= 0.6 is 0 Å². The van der Waals surface area contributed by atoms with Crippen LogP contribution in [0.15, 0.2) is 54.9 Å². The van der Waals surface area contributed by atoms with Gasteiger partial charge < -0.3 is 9.64 Å². The molecule has 176 valence electrons. The first-order chi connectivity index (χ1) is 16.5. The number of likely N-dealkylation sites (N-methyl/N-ethyl adjacent to an activating group) is 1. The van der Waals surface area contributed by atoms with Crippen LogP contribution in [0, 0.1) is 0 Å². The minimum absolute atomic E-state index is 0.0806. The molecule has 0 radical (unpaired) electrons. The summed E-state index contributed by atoms with van der Waals surface area (Å²) in [5, 5.41) is 0. The van der Waals surface area contributed by atoms with E-state index >= 15 is 0 Å². The Hall–Kier alpha value is -3.52. The van der Waals surface area contributed by atoms with Crippen molar-refractivity contribution in [2.24, 2.45) is 0 Å².